The van der Waals surface area contributed by atoms with Crippen LogP contribution in [0.3, 0.4) is 0 Å². The highest BCUT2D eigenvalue weighted by atomic mass is 32.2. The van der Waals surface area contributed by atoms with Gasteiger partial charge in [-0.25, -0.2) is 26.8 Å². The summed E-state index contributed by atoms with van der Waals surface area (Å²) in [5, 5.41) is 7.48. The number of piperidine rings is 1. The Labute approximate surface area is 174 Å². The Hall–Kier alpha value is -2.23. The van der Waals surface area contributed by atoms with Gasteiger partial charge in [0, 0.05) is 19.0 Å². The van der Waals surface area contributed by atoms with Crippen LogP contribution in [0.25, 0.3) is 5.00 Å². The minimum Gasteiger partial charge on any atom is -0.246 e. The van der Waals surface area contributed by atoms with Crippen LogP contribution in [0, 0.1) is 6.92 Å². The van der Waals surface area contributed by atoms with Crippen LogP contribution < -0.4 is 5.69 Å². The second kappa shape index (κ2) is 7.89. The fourth-order valence-electron chi connectivity index (χ4n) is 3.71. The maximum absolute atomic E-state index is 13.2. The van der Waals surface area contributed by atoms with Crippen molar-refractivity contribution < 1.29 is 8.42 Å². The van der Waals surface area contributed by atoms with Crippen LogP contribution in [0.1, 0.15) is 35.7 Å². The summed E-state index contributed by atoms with van der Waals surface area (Å²) in [5.74, 6) is 0.764. The molecule has 0 radical (unpaired) electrons. The van der Waals surface area contributed by atoms with Crippen molar-refractivity contribution in [2.24, 2.45) is 0 Å². The zero-order chi connectivity index (χ0) is 20.6. The molecule has 29 heavy (non-hydrogen) atoms. The van der Waals surface area contributed by atoms with Crippen molar-refractivity contribution in [1.29, 1.82) is 0 Å². The predicted molar refractivity (Wildman–Crippen MR) is 114 cm³/mol. The molecule has 154 valence electrons. The van der Waals surface area contributed by atoms with E-state index in [0.29, 0.717) is 32.5 Å². The van der Waals surface area contributed by atoms with Crippen molar-refractivity contribution in [2.75, 3.05) is 19.3 Å². The highest BCUT2D eigenvalue weighted by Gasteiger charge is 2.30. The predicted octanol–water partition coefficient (Wildman–Crippen LogP) is 2.59. The molecule has 0 spiro atoms. The molecule has 1 saturated heterocycles. The first-order chi connectivity index (χ1) is 13.8. The van der Waals surface area contributed by atoms with E-state index in [2.05, 4.69) is 0 Å². The molecule has 4 rings (SSSR count). The molecule has 9 heteroatoms. The minimum absolute atomic E-state index is 0.0436. The van der Waals surface area contributed by atoms with Crippen LogP contribution >= 0.6 is 11.3 Å². The average Bonchev–Trinajstić information content (AvgIpc) is 3.31. The number of rotatable bonds is 5. The summed E-state index contributed by atoms with van der Waals surface area (Å²) in [6.07, 6.45) is 2.55. The van der Waals surface area contributed by atoms with Gasteiger partial charge in [0.05, 0.1) is 12.8 Å². The first-order valence-electron chi connectivity index (χ1n) is 9.57. The van der Waals surface area contributed by atoms with Crippen molar-refractivity contribution in [1.82, 2.24) is 18.7 Å². The third-order valence-corrected chi connectivity index (χ3v) is 7.49. The third kappa shape index (κ3) is 4.22. The summed E-state index contributed by atoms with van der Waals surface area (Å²) in [4.78, 5) is 13.2. The van der Waals surface area contributed by atoms with Crippen LogP contribution in [-0.2, 0) is 16.6 Å². The van der Waals surface area contributed by atoms with Gasteiger partial charge in [0.15, 0.2) is 0 Å². The Morgan fingerprint density at radius 2 is 1.83 bits per heavy atom. The highest BCUT2D eigenvalue weighted by Crippen LogP contribution is 2.29. The van der Waals surface area contributed by atoms with E-state index in [1.807, 2.05) is 48.7 Å². The lowest BCUT2D eigenvalue weighted by Crippen LogP contribution is -2.37. The van der Waals surface area contributed by atoms with Crippen molar-refractivity contribution in [2.45, 2.75) is 32.2 Å². The van der Waals surface area contributed by atoms with Crippen molar-refractivity contribution in [3.05, 3.63) is 69.2 Å². The summed E-state index contributed by atoms with van der Waals surface area (Å²) in [7, 11) is -3.19. The van der Waals surface area contributed by atoms with E-state index in [0.717, 1.165) is 16.4 Å². The molecule has 1 aliphatic heterocycles. The number of hydrogen-bond acceptors (Lipinski definition) is 5. The number of nitrogens with zero attached hydrogens (tertiary/aromatic N) is 4. The molecule has 0 saturated carbocycles. The molecule has 1 fully saturated rings. The number of benzene rings is 1. The fraction of sp³-hybridized carbons (Fsp3) is 0.400. The van der Waals surface area contributed by atoms with Gasteiger partial charge in [0.1, 0.15) is 10.8 Å². The van der Waals surface area contributed by atoms with E-state index in [9.17, 15) is 13.2 Å². The second-order valence-corrected chi connectivity index (χ2v) is 10.4. The molecule has 0 N–H and O–H groups in total. The molecule has 0 atom stereocenters. The first-order valence-corrected chi connectivity index (χ1v) is 12.3. The fourth-order valence-corrected chi connectivity index (χ4v) is 5.31. The summed E-state index contributed by atoms with van der Waals surface area (Å²) in [6.45, 7) is 3.34. The first kappa shape index (κ1) is 20.1. The Morgan fingerprint density at radius 3 is 2.41 bits per heavy atom. The standard InChI is InChI=1S/C20H24N4O3S2/c1-15-5-7-16(8-6-15)14-23-20(25)24(18-4-3-13-28-18)19(21-23)17-9-11-22(12-10-17)29(2,26)27/h3-8,13,17H,9-12,14H2,1-2H3. The third-order valence-electron chi connectivity index (χ3n) is 5.33. The Balaban J connectivity index is 1.68. The van der Waals surface area contributed by atoms with Gasteiger partial charge in [0.2, 0.25) is 10.0 Å². The quantitative estimate of drug-likeness (QED) is 0.621. The molecule has 1 aromatic carbocycles. The maximum Gasteiger partial charge on any atom is 0.351 e. The van der Waals surface area contributed by atoms with Gasteiger partial charge < -0.3 is 0 Å². The largest absolute Gasteiger partial charge is 0.351 e. The zero-order valence-corrected chi connectivity index (χ0v) is 18.1. The van der Waals surface area contributed by atoms with E-state index < -0.39 is 10.0 Å². The maximum atomic E-state index is 13.2. The zero-order valence-electron chi connectivity index (χ0n) is 16.5. The number of aromatic nitrogens is 3. The van der Waals surface area contributed by atoms with E-state index in [4.69, 9.17) is 5.10 Å². The van der Waals surface area contributed by atoms with Gasteiger partial charge >= 0.3 is 5.69 Å². The van der Waals surface area contributed by atoms with E-state index in [1.165, 1.54) is 32.1 Å². The topological polar surface area (TPSA) is 77.2 Å². The summed E-state index contributed by atoms with van der Waals surface area (Å²) in [6, 6.07) is 11.9. The molecule has 0 unspecified atom stereocenters. The van der Waals surface area contributed by atoms with Gasteiger partial charge in [-0.15, -0.1) is 11.3 Å². The number of sulfonamides is 1. The number of aryl methyl sites for hydroxylation is 1. The van der Waals surface area contributed by atoms with Crippen molar-refractivity contribution in [3.63, 3.8) is 0 Å². The monoisotopic (exact) mass is 432 g/mol. The summed E-state index contributed by atoms with van der Waals surface area (Å²) < 4.78 is 28.4. The van der Waals surface area contributed by atoms with Gasteiger partial charge in [-0.3, -0.25) is 0 Å². The Morgan fingerprint density at radius 1 is 1.14 bits per heavy atom. The lowest BCUT2D eigenvalue weighted by Gasteiger charge is -2.29. The van der Waals surface area contributed by atoms with Gasteiger partial charge in [-0.05, 0) is 42.8 Å². The Bertz CT molecular complexity index is 1140. The molecule has 7 nitrogen and oxygen atoms in total. The second-order valence-electron chi connectivity index (χ2n) is 7.51. The molecule has 0 bridgehead atoms. The Kier molecular flexibility index (Phi) is 5.46. The molecule has 2 aromatic heterocycles. The highest BCUT2D eigenvalue weighted by molar-refractivity contribution is 7.88. The molecular weight excluding hydrogens is 408 g/mol. The molecule has 0 aliphatic carbocycles. The normalized spacial score (nSPS) is 16.3. The van der Waals surface area contributed by atoms with Crippen LogP contribution in [-0.4, -0.2) is 46.4 Å². The van der Waals surface area contributed by atoms with E-state index in [-0.39, 0.29) is 11.6 Å². The number of hydrogen-bond donors (Lipinski definition) is 0. The molecule has 1 aliphatic rings. The van der Waals surface area contributed by atoms with Crippen LogP contribution in [0.2, 0.25) is 0 Å². The molecule has 3 aromatic rings. The molecule has 0 amide bonds. The smallest absolute Gasteiger partial charge is 0.246 e. The van der Waals surface area contributed by atoms with Crippen molar-refractivity contribution in [3.8, 4) is 5.00 Å². The molecular formula is C20H24N4O3S2. The van der Waals surface area contributed by atoms with Crippen LogP contribution in [0.15, 0.2) is 46.6 Å². The average molecular weight is 433 g/mol. The number of thiophene rings is 1. The lowest BCUT2D eigenvalue weighted by molar-refractivity contribution is 0.313. The lowest BCUT2D eigenvalue weighted by atomic mass is 9.97. The summed E-state index contributed by atoms with van der Waals surface area (Å²) >= 11 is 1.50. The van der Waals surface area contributed by atoms with E-state index in [1.54, 1.807) is 4.57 Å². The van der Waals surface area contributed by atoms with Crippen LogP contribution in [0.5, 0.6) is 0 Å². The van der Waals surface area contributed by atoms with Crippen molar-refractivity contribution >= 4 is 21.4 Å². The van der Waals surface area contributed by atoms with Crippen LogP contribution in [0.4, 0.5) is 0 Å². The molecule has 3 heterocycles. The summed E-state index contributed by atoms with van der Waals surface area (Å²) in [5.41, 5.74) is 2.03. The van der Waals surface area contributed by atoms with E-state index >= 15 is 0 Å². The van der Waals surface area contributed by atoms with Gasteiger partial charge in [-0.1, -0.05) is 29.8 Å². The minimum atomic E-state index is -3.19. The van der Waals surface area contributed by atoms with Gasteiger partial charge in [0.25, 0.3) is 0 Å². The SMILES string of the molecule is Cc1ccc(Cn2nc(C3CCN(S(C)(=O)=O)CC3)n(-c3cccs3)c2=O)cc1. The van der Waals surface area contributed by atoms with Gasteiger partial charge in [-0.2, -0.15) is 5.10 Å².